The molecule has 0 fully saturated rings. The first kappa shape index (κ1) is 15.3. The van der Waals surface area contributed by atoms with Gasteiger partial charge in [-0.25, -0.2) is 5.48 Å². The maximum atomic E-state index is 10.1. The van der Waals surface area contributed by atoms with Crippen LogP contribution in [0.2, 0.25) is 0 Å². The Morgan fingerprint density at radius 2 is 1.71 bits per heavy atom. The van der Waals surface area contributed by atoms with Gasteiger partial charge in [-0.3, -0.25) is 19.6 Å². The number of primary amides is 1. The number of alkyl halides is 1. The summed E-state index contributed by atoms with van der Waals surface area (Å²) >= 11 is 2.71. The lowest BCUT2D eigenvalue weighted by molar-refractivity contribution is -0.133. The Hall–Kier alpha value is -1.15. The van der Waals surface area contributed by atoms with Gasteiger partial charge in [0.05, 0.1) is 0 Å². The lowest BCUT2D eigenvalue weighted by Gasteiger charge is -1.92. The van der Waals surface area contributed by atoms with E-state index in [9.17, 15) is 14.4 Å². The summed E-state index contributed by atoms with van der Waals surface area (Å²) in [5, 5.41) is 15.6. The zero-order chi connectivity index (χ0) is 11.6. The number of carboxylic acid groups (broad SMARTS) is 1. The molecule has 0 bridgehead atoms. The summed E-state index contributed by atoms with van der Waals surface area (Å²) in [5.41, 5.74) is 6.07. The van der Waals surface area contributed by atoms with E-state index in [1.54, 1.807) is 0 Å². The van der Waals surface area contributed by atoms with Crippen LogP contribution >= 0.6 is 15.9 Å². The third-order valence-corrected chi connectivity index (χ3v) is 1.32. The molecule has 0 saturated heterocycles. The molecule has 5 N–H and O–H groups in total. The fourth-order valence-corrected chi connectivity index (χ4v) is 0.293. The van der Waals surface area contributed by atoms with Crippen LogP contribution in [0.1, 0.15) is 12.8 Å². The molecule has 0 atom stereocenters. The molecule has 0 heterocycles. The molecule has 0 unspecified atom stereocenters. The summed E-state index contributed by atoms with van der Waals surface area (Å²) in [6.07, 6.45) is -0.0990. The highest BCUT2D eigenvalue weighted by molar-refractivity contribution is 9.09. The molecule has 0 aromatic heterocycles. The van der Waals surface area contributed by atoms with Crippen molar-refractivity contribution in [2.75, 3.05) is 5.33 Å². The second kappa shape index (κ2) is 9.93. The lowest BCUT2D eigenvalue weighted by atomic mass is 10.3. The molecule has 14 heavy (non-hydrogen) atoms. The Kier molecular flexibility index (Phi) is 10.9. The van der Waals surface area contributed by atoms with Crippen LogP contribution < -0.4 is 11.2 Å². The Morgan fingerprint density at radius 3 is 1.93 bits per heavy atom. The number of rotatable bonds is 4. The van der Waals surface area contributed by atoms with E-state index in [4.69, 9.17) is 16.0 Å². The van der Waals surface area contributed by atoms with E-state index >= 15 is 0 Å². The van der Waals surface area contributed by atoms with E-state index < -0.39 is 17.8 Å². The van der Waals surface area contributed by atoms with E-state index in [1.165, 1.54) is 5.48 Å². The summed E-state index contributed by atoms with van der Waals surface area (Å²) in [5.74, 6) is -1.99. The van der Waals surface area contributed by atoms with Crippen LogP contribution in [0.15, 0.2) is 0 Å². The van der Waals surface area contributed by atoms with Gasteiger partial charge in [0.1, 0.15) is 5.33 Å². The molecule has 0 aromatic carbocycles. The molecule has 8 heteroatoms. The monoisotopic (exact) mass is 270 g/mol. The molecule has 2 amide bonds. The molecular weight excluding hydrogens is 260 g/mol. The van der Waals surface area contributed by atoms with Gasteiger partial charge in [0.15, 0.2) is 0 Å². The minimum atomic E-state index is -0.829. The molecule has 82 valence electrons. The van der Waals surface area contributed by atoms with E-state index in [1.807, 2.05) is 0 Å². The van der Waals surface area contributed by atoms with Crippen LogP contribution in [0, 0.1) is 0 Å². The summed E-state index contributed by atoms with van der Waals surface area (Å²) in [6, 6.07) is 0. The Balaban J connectivity index is 0. The van der Waals surface area contributed by atoms with Gasteiger partial charge in [-0.2, -0.15) is 0 Å². The van der Waals surface area contributed by atoms with Crippen molar-refractivity contribution >= 4 is 33.7 Å². The molecule has 0 aliphatic rings. The minimum absolute atomic E-state index is 0.0347. The number of carbonyl (C=O) groups is 3. The van der Waals surface area contributed by atoms with E-state index in [0.717, 1.165) is 0 Å². The first-order valence-corrected chi connectivity index (χ1v) is 4.55. The van der Waals surface area contributed by atoms with Crippen molar-refractivity contribution in [2.24, 2.45) is 5.73 Å². The number of halogens is 1. The summed E-state index contributed by atoms with van der Waals surface area (Å²) in [6.45, 7) is 0. The van der Waals surface area contributed by atoms with Gasteiger partial charge in [-0.05, 0) is 0 Å². The third-order valence-electron chi connectivity index (χ3n) is 0.837. The maximum Gasteiger partial charge on any atom is 0.314 e. The number of aliphatic carboxylic acids is 1. The van der Waals surface area contributed by atoms with Crippen LogP contribution in [-0.4, -0.2) is 33.4 Å². The number of nitrogens with two attached hydrogens (primary N) is 1. The fraction of sp³-hybridized carbons (Fsp3) is 0.500. The zero-order valence-corrected chi connectivity index (χ0v) is 8.78. The number of hydrogen-bond donors (Lipinski definition) is 4. The molecule has 0 rings (SSSR count). The SMILES string of the molecule is NC(=O)CCC(=O)NO.O=C(O)CBr. The van der Waals surface area contributed by atoms with Crippen LogP contribution in [0.4, 0.5) is 0 Å². The van der Waals surface area contributed by atoms with E-state index in [-0.39, 0.29) is 18.2 Å². The second-order valence-electron chi connectivity index (χ2n) is 2.03. The number of carbonyl (C=O) groups excluding carboxylic acids is 2. The van der Waals surface area contributed by atoms with Crippen molar-refractivity contribution in [3.05, 3.63) is 0 Å². The average Bonchev–Trinajstić information content (AvgIpc) is 2.14. The van der Waals surface area contributed by atoms with Gasteiger partial charge in [0.25, 0.3) is 0 Å². The predicted octanol–water partition coefficient (Wildman–Crippen LogP) is -0.777. The Labute approximate surface area is 88.4 Å². The first-order chi connectivity index (χ1) is 6.43. The molecule has 0 aromatic rings. The van der Waals surface area contributed by atoms with Crippen LogP contribution in [-0.2, 0) is 14.4 Å². The highest BCUT2D eigenvalue weighted by Crippen LogP contribution is 1.84. The summed E-state index contributed by atoms with van der Waals surface area (Å²) in [4.78, 5) is 29.4. The number of nitrogens with one attached hydrogen (secondary N) is 1. The fourth-order valence-electron chi connectivity index (χ4n) is 0.293. The number of hydrogen-bond acceptors (Lipinski definition) is 4. The Bertz CT molecular complexity index is 208. The highest BCUT2D eigenvalue weighted by Gasteiger charge is 2.00. The standard InChI is InChI=1S/C4H8N2O3.C2H3BrO2/c5-3(7)1-2-4(8)6-9;3-1-2(4)5/h9H,1-2H2,(H2,5,7)(H,6,8);1H2,(H,4,5). The lowest BCUT2D eigenvalue weighted by Crippen LogP contribution is -2.21. The number of carboxylic acids is 1. The van der Waals surface area contributed by atoms with Crippen molar-refractivity contribution in [1.29, 1.82) is 0 Å². The summed E-state index contributed by atoms with van der Waals surface area (Å²) in [7, 11) is 0. The van der Waals surface area contributed by atoms with Gasteiger partial charge in [-0.1, -0.05) is 15.9 Å². The van der Waals surface area contributed by atoms with Crippen LogP contribution in [0.5, 0.6) is 0 Å². The molecule has 0 saturated carbocycles. The van der Waals surface area contributed by atoms with E-state index in [0.29, 0.717) is 0 Å². The zero-order valence-electron chi connectivity index (χ0n) is 7.20. The van der Waals surface area contributed by atoms with E-state index in [2.05, 4.69) is 15.9 Å². The van der Waals surface area contributed by atoms with Crippen molar-refractivity contribution < 1.29 is 24.7 Å². The average molecular weight is 271 g/mol. The summed E-state index contributed by atoms with van der Waals surface area (Å²) < 4.78 is 0. The van der Waals surface area contributed by atoms with Crippen molar-refractivity contribution in [1.82, 2.24) is 5.48 Å². The smallest absolute Gasteiger partial charge is 0.314 e. The number of hydroxylamine groups is 1. The van der Waals surface area contributed by atoms with Gasteiger partial charge >= 0.3 is 5.97 Å². The van der Waals surface area contributed by atoms with Gasteiger partial charge in [0.2, 0.25) is 11.8 Å². The Morgan fingerprint density at radius 1 is 1.29 bits per heavy atom. The predicted molar refractivity (Wildman–Crippen MR) is 49.8 cm³/mol. The highest BCUT2D eigenvalue weighted by atomic mass is 79.9. The van der Waals surface area contributed by atoms with Gasteiger partial charge in [0, 0.05) is 12.8 Å². The topological polar surface area (TPSA) is 130 Å². The normalized spacial score (nSPS) is 8.14. The molecule has 7 nitrogen and oxygen atoms in total. The molecule has 0 radical (unpaired) electrons. The second-order valence-corrected chi connectivity index (χ2v) is 2.59. The largest absolute Gasteiger partial charge is 0.481 e. The van der Waals surface area contributed by atoms with Gasteiger partial charge in [-0.15, -0.1) is 0 Å². The maximum absolute atomic E-state index is 10.1. The molecule has 0 spiro atoms. The minimum Gasteiger partial charge on any atom is -0.481 e. The third kappa shape index (κ3) is 17.1. The van der Waals surface area contributed by atoms with Crippen LogP contribution in [0.3, 0.4) is 0 Å². The molecule has 0 aliphatic carbocycles. The molecular formula is C6H11BrN2O5. The van der Waals surface area contributed by atoms with Crippen molar-refractivity contribution in [3.8, 4) is 0 Å². The van der Waals surface area contributed by atoms with Crippen molar-refractivity contribution in [3.63, 3.8) is 0 Å². The molecule has 0 aliphatic heterocycles. The van der Waals surface area contributed by atoms with Crippen LogP contribution in [0.25, 0.3) is 0 Å². The van der Waals surface area contributed by atoms with Crippen molar-refractivity contribution in [2.45, 2.75) is 12.8 Å². The first-order valence-electron chi connectivity index (χ1n) is 3.43. The number of amides is 2. The quantitative estimate of drug-likeness (QED) is 0.303. The van der Waals surface area contributed by atoms with Gasteiger partial charge < -0.3 is 10.8 Å².